The third-order valence-electron chi connectivity index (χ3n) is 5.08. The van der Waals surface area contributed by atoms with Gasteiger partial charge in [-0.3, -0.25) is 9.59 Å². The Hall–Kier alpha value is -2.87. The number of aromatic amines is 1. The van der Waals surface area contributed by atoms with Crippen LogP contribution >= 0.6 is 11.8 Å². The summed E-state index contributed by atoms with van der Waals surface area (Å²) in [7, 11) is 0. The molecule has 0 saturated heterocycles. The number of H-pyrrole nitrogens is 1. The van der Waals surface area contributed by atoms with Crippen LogP contribution in [-0.2, 0) is 16.6 Å². The monoisotopic (exact) mass is 439 g/mol. The van der Waals surface area contributed by atoms with E-state index in [2.05, 4.69) is 36.1 Å². The summed E-state index contributed by atoms with van der Waals surface area (Å²) in [6, 6.07) is 9.83. The van der Waals surface area contributed by atoms with Crippen molar-refractivity contribution < 1.29 is 4.79 Å². The number of aryl methyl sites for hydroxylation is 2. The first-order chi connectivity index (χ1) is 14.6. The lowest BCUT2D eigenvalue weighted by Crippen LogP contribution is -2.21. The van der Waals surface area contributed by atoms with Crippen molar-refractivity contribution in [2.24, 2.45) is 0 Å². The highest BCUT2D eigenvalue weighted by molar-refractivity contribution is 7.98. The van der Waals surface area contributed by atoms with Crippen molar-refractivity contribution in [3.63, 3.8) is 0 Å². The van der Waals surface area contributed by atoms with Crippen molar-refractivity contribution in [1.82, 2.24) is 19.7 Å². The third kappa shape index (κ3) is 5.25. The Morgan fingerprint density at radius 3 is 2.55 bits per heavy atom. The van der Waals surface area contributed by atoms with Crippen LogP contribution in [0.3, 0.4) is 0 Å². The molecule has 7 nitrogen and oxygen atoms in total. The lowest BCUT2D eigenvalue weighted by molar-refractivity contribution is -0.116. The average Bonchev–Trinajstić information content (AvgIpc) is 3.11. The molecule has 2 aromatic heterocycles. The Morgan fingerprint density at radius 1 is 1.23 bits per heavy atom. The summed E-state index contributed by atoms with van der Waals surface area (Å²) in [5.74, 6) is 0.439. The van der Waals surface area contributed by atoms with Gasteiger partial charge in [0.1, 0.15) is 5.82 Å². The molecule has 0 aliphatic rings. The molecule has 0 spiro atoms. The predicted molar refractivity (Wildman–Crippen MR) is 125 cm³/mol. The smallest absolute Gasteiger partial charge is 0.254 e. The van der Waals surface area contributed by atoms with Crippen LogP contribution in [0.1, 0.15) is 49.7 Å². The van der Waals surface area contributed by atoms with Crippen LogP contribution in [0, 0.1) is 13.8 Å². The molecule has 8 heteroatoms. The fourth-order valence-electron chi connectivity index (χ4n) is 3.24. The number of carbonyl (C=O) groups is 1. The molecule has 0 bridgehead atoms. The molecule has 0 saturated carbocycles. The maximum atomic E-state index is 12.8. The summed E-state index contributed by atoms with van der Waals surface area (Å²) in [6.45, 7) is 10.1. The van der Waals surface area contributed by atoms with Gasteiger partial charge in [-0.15, -0.1) is 0 Å². The van der Waals surface area contributed by atoms with Crippen LogP contribution in [0.5, 0.6) is 0 Å². The van der Waals surface area contributed by atoms with Crippen molar-refractivity contribution in [2.45, 2.75) is 58.0 Å². The van der Waals surface area contributed by atoms with Gasteiger partial charge in [0.15, 0.2) is 5.16 Å². The molecule has 2 heterocycles. The SMILES string of the molecule is CSc1nc(C)c(CCC(=O)Nc2cc(C(C)(C)C)nn2-c2ccccc2C)c(=O)[nH]1. The van der Waals surface area contributed by atoms with Gasteiger partial charge < -0.3 is 10.3 Å². The number of thioether (sulfide) groups is 1. The molecule has 0 radical (unpaired) electrons. The number of amides is 1. The number of aromatic nitrogens is 4. The van der Waals surface area contributed by atoms with E-state index in [1.807, 2.05) is 43.5 Å². The Balaban J connectivity index is 1.84. The standard InChI is InChI=1S/C23H29N5O2S/c1-14-9-7-8-10-17(14)28-19(13-18(27-28)23(3,4)5)25-20(29)12-11-16-15(2)24-22(31-6)26-21(16)30/h7-10,13H,11-12H2,1-6H3,(H,25,29)(H,24,26,30). The van der Waals surface area contributed by atoms with Crippen LogP contribution in [0.15, 0.2) is 40.3 Å². The minimum Gasteiger partial charge on any atom is -0.311 e. The summed E-state index contributed by atoms with van der Waals surface area (Å²) in [5.41, 5.74) is 3.69. The van der Waals surface area contributed by atoms with Gasteiger partial charge in [0.25, 0.3) is 5.56 Å². The largest absolute Gasteiger partial charge is 0.311 e. The molecular formula is C23H29N5O2S. The van der Waals surface area contributed by atoms with Crippen LogP contribution in [-0.4, -0.2) is 31.9 Å². The summed E-state index contributed by atoms with van der Waals surface area (Å²) in [6.07, 6.45) is 2.35. The average molecular weight is 440 g/mol. The second-order valence-electron chi connectivity index (χ2n) is 8.55. The lowest BCUT2D eigenvalue weighted by Gasteiger charge is -2.14. The van der Waals surface area contributed by atoms with E-state index in [4.69, 9.17) is 5.10 Å². The fourth-order valence-corrected chi connectivity index (χ4v) is 3.66. The zero-order valence-corrected chi connectivity index (χ0v) is 19.7. The highest BCUT2D eigenvalue weighted by atomic mass is 32.2. The summed E-state index contributed by atoms with van der Waals surface area (Å²) >= 11 is 1.38. The normalized spacial score (nSPS) is 11.5. The number of rotatable bonds is 6. The minimum absolute atomic E-state index is 0.164. The summed E-state index contributed by atoms with van der Waals surface area (Å²) in [5, 5.41) is 8.33. The molecule has 1 amide bonds. The quantitative estimate of drug-likeness (QED) is 0.444. The number of nitrogens with one attached hydrogen (secondary N) is 2. The molecule has 0 unspecified atom stereocenters. The number of benzene rings is 1. The van der Waals surface area contributed by atoms with Crippen molar-refractivity contribution >= 4 is 23.5 Å². The van der Waals surface area contributed by atoms with E-state index in [0.29, 0.717) is 28.7 Å². The van der Waals surface area contributed by atoms with Crippen LogP contribution < -0.4 is 10.9 Å². The first-order valence-electron chi connectivity index (χ1n) is 10.2. The van der Waals surface area contributed by atoms with E-state index in [1.54, 1.807) is 11.6 Å². The van der Waals surface area contributed by atoms with Gasteiger partial charge in [-0.1, -0.05) is 50.7 Å². The van der Waals surface area contributed by atoms with Gasteiger partial charge in [-0.25, -0.2) is 9.67 Å². The third-order valence-corrected chi connectivity index (χ3v) is 5.66. The summed E-state index contributed by atoms with van der Waals surface area (Å²) in [4.78, 5) is 32.2. The van der Waals surface area contributed by atoms with Gasteiger partial charge in [-0.05, 0) is 38.2 Å². The van der Waals surface area contributed by atoms with Crippen LogP contribution in [0.4, 0.5) is 5.82 Å². The van der Waals surface area contributed by atoms with Gasteiger partial charge >= 0.3 is 0 Å². The number of nitrogens with zero attached hydrogens (tertiary/aromatic N) is 3. The fraction of sp³-hybridized carbons (Fsp3) is 0.391. The zero-order valence-electron chi connectivity index (χ0n) is 18.9. The van der Waals surface area contributed by atoms with Gasteiger partial charge in [0.2, 0.25) is 5.91 Å². The highest BCUT2D eigenvalue weighted by Crippen LogP contribution is 2.27. The molecule has 164 valence electrons. The zero-order chi connectivity index (χ0) is 22.8. The topological polar surface area (TPSA) is 92.7 Å². The first kappa shape index (κ1) is 22.8. The number of anilines is 1. The first-order valence-corrected chi connectivity index (χ1v) is 11.4. The Bertz CT molecular complexity index is 1160. The van der Waals surface area contributed by atoms with Gasteiger partial charge in [0.05, 0.1) is 11.4 Å². The maximum absolute atomic E-state index is 12.8. The molecule has 0 fully saturated rings. The van der Waals surface area contributed by atoms with Crippen molar-refractivity contribution in [2.75, 3.05) is 11.6 Å². The number of hydrogen-bond acceptors (Lipinski definition) is 5. The van der Waals surface area contributed by atoms with Crippen molar-refractivity contribution in [1.29, 1.82) is 0 Å². The Labute approximate surface area is 186 Å². The van der Waals surface area contributed by atoms with E-state index in [0.717, 1.165) is 16.9 Å². The molecule has 0 atom stereocenters. The lowest BCUT2D eigenvalue weighted by atomic mass is 9.92. The summed E-state index contributed by atoms with van der Waals surface area (Å²) < 4.78 is 1.78. The van der Waals surface area contributed by atoms with Crippen molar-refractivity contribution in [3.8, 4) is 5.69 Å². The molecular weight excluding hydrogens is 410 g/mol. The van der Waals surface area contributed by atoms with E-state index >= 15 is 0 Å². The molecule has 0 aliphatic carbocycles. The van der Waals surface area contributed by atoms with E-state index in [1.165, 1.54) is 11.8 Å². The van der Waals surface area contributed by atoms with E-state index in [-0.39, 0.29) is 23.3 Å². The molecule has 2 N–H and O–H groups in total. The second-order valence-corrected chi connectivity index (χ2v) is 9.35. The van der Waals surface area contributed by atoms with Crippen LogP contribution in [0.25, 0.3) is 5.69 Å². The predicted octanol–water partition coefficient (Wildman–Crippen LogP) is 4.16. The number of para-hydroxylation sites is 1. The number of carbonyl (C=O) groups excluding carboxylic acids is 1. The molecule has 0 aliphatic heterocycles. The molecule has 3 aromatic rings. The van der Waals surface area contributed by atoms with Gasteiger partial charge in [0, 0.05) is 29.2 Å². The molecule has 3 rings (SSSR count). The second kappa shape index (κ2) is 9.09. The number of hydrogen-bond donors (Lipinski definition) is 2. The maximum Gasteiger partial charge on any atom is 0.254 e. The van der Waals surface area contributed by atoms with Crippen LogP contribution in [0.2, 0.25) is 0 Å². The Kier molecular flexibility index (Phi) is 6.69. The highest BCUT2D eigenvalue weighted by Gasteiger charge is 2.22. The van der Waals surface area contributed by atoms with Crippen molar-refractivity contribution in [3.05, 3.63) is 63.2 Å². The van der Waals surface area contributed by atoms with E-state index < -0.39 is 0 Å². The van der Waals surface area contributed by atoms with Gasteiger partial charge in [-0.2, -0.15) is 5.10 Å². The van der Waals surface area contributed by atoms with E-state index in [9.17, 15) is 9.59 Å². The molecule has 1 aromatic carbocycles. The Morgan fingerprint density at radius 2 is 1.94 bits per heavy atom. The minimum atomic E-state index is -0.190. The molecule has 31 heavy (non-hydrogen) atoms.